The van der Waals surface area contributed by atoms with Gasteiger partial charge in [0, 0.05) is 22.3 Å². The van der Waals surface area contributed by atoms with Crippen LogP contribution in [0.2, 0.25) is 0 Å². The fourth-order valence-electron chi connectivity index (χ4n) is 5.54. The molecule has 14 heteroatoms. The van der Waals surface area contributed by atoms with E-state index in [9.17, 15) is 52.7 Å². The van der Waals surface area contributed by atoms with Crippen LogP contribution in [0.4, 0.5) is 52.7 Å². The summed E-state index contributed by atoms with van der Waals surface area (Å²) in [5.74, 6) is 0. The first kappa shape index (κ1) is 35.5. The third-order valence-electron chi connectivity index (χ3n) is 6.93. The second-order valence-corrected chi connectivity index (χ2v) is 10.7. The van der Waals surface area contributed by atoms with Crippen LogP contribution in [0.25, 0.3) is 0 Å². The fraction of sp³-hybridized carbons (Fsp3) is 0.226. The topological polar surface area (TPSA) is 4.44 Å². The Balaban J connectivity index is 0.00000130. The summed E-state index contributed by atoms with van der Waals surface area (Å²) in [4.78, 5) is 1.42. The van der Waals surface area contributed by atoms with Crippen molar-refractivity contribution in [1.29, 1.82) is 0 Å². The van der Waals surface area contributed by atoms with Gasteiger partial charge in [-0.1, -0.05) is 97.1 Å². The molecule has 1 N–H and O–H groups in total. The van der Waals surface area contributed by atoms with Crippen molar-refractivity contribution in [1.82, 2.24) is 0 Å². The van der Waals surface area contributed by atoms with Crippen molar-refractivity contribution in [2.75, 3.05) is 21.1 Å². The third-order valence-corrected chi connectivity index (χ3v) is 6.93. The highest BCUT2D eigenvalue weighted by Crippen LogP contribution is 2.37. The van der Waals surface area contributed by atoms with Gasteiger partial charge in [-0.2, -0.15) is 74.5 Å². The zero-order valence-electron chi connectivity index (χ0n) is 23.9. The van der Waals surface area contributed by atoms with Gasteiger partial charge >= 0.3 is 24.7 Å². The van der Waals surface area contributed by atoms with Gasteiger partial charge in [-0.3, -0.25) is 0 Å². The van der Waals surface area contributed by atoms with E-state index in [1.54, 1.807) is 0 Å². The minimum Gasteiger partial charge on any atom is -0.342 e. The van der Waals surface area contributed by atoms with E-state index in [1.807, 2.05) is 0 Å². The summed E-state index contributed by atoms with van der Waals surface area (Å²) in [7, 11) is 6.25. The summed E-state index contributed by atoms with van der Waals surface area (Å²) in [6.45, 7) is 0. The molecule has 0 amide bonds. The molecule has 0 aromatic heterocycles. The van der Waals surface area contributed by atoms with Crippen LogP contribution in [0.15, 0.2) is 97.1 Å². The van der Waals surface area contributed by atoms with Crippen LogP contribution in [0.3, 0.4) is 0 Å². The average molecular weight is 651 g/mol. The predicted octanol–water partition coefficient (Wildman–Crippen LogP) is 5.90. The Morgan fingerprint density at radius 3 is 0.667 bits per heavy atom. The van der Waals surface area contributed by atoms with Gasteiger partial charge in [-0.25, -0.2) is 0 Å². The molecule has 0 atom stereocenters. The Hall–Kier alpha value is -3.94. The van der Waals surface area contributed by atoms with Crippen LogP contribution in [0.1, 0.15) is 22.3 Å². The SMILES string of the molecule is C[NH+](C)C.FC(F)(F)c1ccccc1[B-](c1ccccc1C(F)(F)F)(c1ccccc1C(F)(F)F)c1ccccc1C(F)(F)F. The Labute approximate surface area is 251 Å². The first-order valence-electron chi connectivity index (χ1n) is 13.2. The lowest BCUT2D eigenvalue weighted by Crippen LogP contribution is -3.02. The van der Waals surface area contributed by atoms with Crippen molar-refractivity contribution >= 4 is 28.0 Å². The molecule has 0 saturated heterocycles. The third kappa shape index (κ3) is 7.49. The first-order chi connectivity index (χ1) is 20.6. The van der Waals surface area contributed by atoms with E-state index in [0.29, 0.717) is 48.5 Å². The number of halogens is 12. The number of nitrogens with one attached hydrogen (secondary N) is 1. The van der Waals surface area contributed by atoms with Gasteiger partial charge in [0.05, 0.1) is 21.1 Å². The van der Waals surface area contributed by atoms with Crippen LogP contribution in [0, 0.1) is 0 Å². The van der Waals surface area contributed by atoms with E-state index < -0.39 is 75.0 Å². The van der Waals surface area contributed by atoms with Gasteiger partial charge in [0.2, 0.25) is 0 Å². The maximum atomic E-state index is 14.5. The number of benzene rings is 4. The Kier molecular flexibility index (Phi) is 10.1. The molecule has 45 heavy (non-hydrogen) atoms. The number of alkyl halides is 12. The van der Waals surface area contributed by atoms with Crippen molar-refractivity contribution in [3.8, 4) is 0 Å². The second kappa shape index (κ2) is 12.8. The van der Waals surface area contributed by atoms with Gasteiger partial charge < -0.3 is 4.90 Å². The summed E-state index contributed by atoms with van der Waals surface area (Å²) < 4.78 is 174. The largest absolute Gasteiger partial charge is 0.413 e. The molecule has 0 heterocycles. The number of hydrogen-bond donors (Lipinski definition) is 1. The van der Waals surface area contributed by atoms with Gasteiger partial charge in [0.15, 0.2) is 0 Å². The molecule has 0 spiro atoms. The molecule has 4 aromatic carbocycles. The van der Waals surface area contributed by atoms with Gasteiger partial charge in [-0.15, -0.1) is 0 Å². The Morgan fingerprint density at radius 1 is 0.356 bits per heavy atom. The minimum atomic E-state index is -5.38. The van der Waals surface area contributed by atoms with Crippen molar-refractivity contribution in [3.05, 3.63) is 119 Å². The molecule has 0 saturated carbocycles. The normalized spacial score (nSPS) is 13.0. The smallest absolute Gasteiger partial charge is 0.342 e. The molecule has 0 bridgehead atoms. The predicted molar refractivity (Wildman–Crippen MR) is 149 cm³/mol. The Bertz CT molecular complexity index is 1360. The van der Waals surface area contributed by atoms with E-state index >= 15 is 0 Å². The molecule has 0 radical (unpaired) electrons. The maximum absolute atomic E-state index is 14.5. The van der Waals surface area contributed by atoms with Crippen molar-refractivity contribution in [2.24, 2.45) is 0 Å². The molecule has 0 unspecified atom stereocenters. The van der Waals surface area contributed by atoms with E-state index in [2.05, 4.69) is 21.1 Å². The van der Waals surface area contributed by atoms with E-state index in [0.717, 1.165) is 48.5 Å². The molecule has 0 aliphatic carbocycles. The molecule has 0 aliphatic heterocycles. The number of quaternary nitrogens is 1. The van der Waals surface area contributed by atoms with Gasteiger partial charge in [-0.05, 0) is 0 Å². The van der Waals surface area contributed by atoms with Crippen LogP contribution >= 0.6 is 0 Å². The molecular formula is C31H26BF12N. The van der Waals surface area contributed by atoms with Crippen LogP contribution < -0.4 is 26.8 Å². The van der Waals surface area contributed by atoms with Crippen LogP contribution in [-0.4, -0.2) is 27.3 Å². The lowest BCUT2D eigenvalue weighted by atomic mass is 9.11. The second-order valence-electron chi connectivity index (χ2n) is 10.7. The quantitative estimate of drug-likeness (QED) is 0.207. The summed E-state index contributed by atoms with van der Waals surface area (Å²) >= 11 is 0. The lowest BCUT2D eigenvalue weighted by molar-refractivity contribution is -0.836. The van der Waals surface area contributed by atoms with Crippen molar-refractivity contribution < 1.29 is 57.6 Å². The fourth-order valence-corrected chi connectivity index (χ4v) is 5.54. The highest BCUT2D eigenvalue weighted by Gasteiger charge is 2.49. The van der Waals surface area contributed by atoms with Gasteiger partial charge in [0.1, 0.15) is 6.15 Å². The molecule has 0 aliphatic rings. The highest BCUT2D eigenvalue weighted by molar-refractivity contribution is 7.20. The summed E-state index contributed by atoms with van der Waals surface area (Å²) in [5, 5.41) is 0. The highest BCUT2D eigenvalue weighted by atomic mass is 19.4. The standard InChI is InChI=1S/C28H16BF12.C3H9N/c30-25(31,32)17-9-1-5-13-21(17)29(22-14-6-2-10-18(22)26(33,34)35,23-15-7-3-11-19(23)27(36,37)38)24-16-8-4-12-20(24)28(39,40)41;1-4(2)3/h1-16H;1-3H3/q-1;/p+1. The van der Waals surface area contributed by atoms with E-state index in [1.165, 1.54) is 4.90 Å². The van der Waals surface area contributed by atoms with Crippen LogP contribution in [-0.2, 0) is 24.7 Å². The minimum absolute atomic E-state index is 0.411. The molecule has 0 fully saturated rings. The van der Waals surface area contributed by atoms with Crippen molar-refractivity contribution in [3.63, 3.8) is 0 Å². The maximum Gasteiger partial charge on any atom is 0.413 e. The zero-order chi connectivity index (χ0) is 34.0. The van der Waals surface area contributed by atoms with Crippen LogP contribution in [0.5, 0.6) is 0 Å². The summed E-state index contributed by atoms with van der Waals surface area (Å²) in [6.07, 6.45) is -26.0. The molecule has 1 nitrogen and oxygen atoms in total. The van der Waals surface area contributed by atoms with Crippen molar-refractivity contribution in [2.45, 2.75) is 24.7 Å². The average Bonchev–Trinajstić information content (AvgIpc) is 2.92. The summed E-state index contributed by atoms with van der Waals surface area (Å²) in [6, 6.07) is 11.2. The zero-order valence-corrected chi connectivity index (χ0v) is 23.9. The number of hydrogen-bond acceptors (Lipinski definition) is 0. The van der Waals surface area contributed by atoms with E-state index in [-0.39, 0.29) is 0 Å². The molecular weight excluding hydrogens is 625 g/mol. The van der Waals surface area contributed by atoms with Gasteiger partial charge in [0.25, 0.3) is 0 Å². The lowest BCUT2D eigenvalue weighted by Gasteiger charge is -2.48. The monoisotopic (exact) mass is 651 g/mol. The Morgan fingerprint density at radius 2 is 0.511 bits per heavy atom. The van der Waals surface area contributed by atoms with E-state index in [4.69, 9.17) is 0 Å². The first-order valence-corrected chi connectivity index (χ1v) is 13.2. The number of rotatable bonds is 4. The molecule has 4 rings (SSSR count). The molecule has 4 aromatic rings. The summed E-state index contributed by atoms with van der Waals surface area (Å²) in [5.41, 5.74) is -11.5. The molecule has 242 valence electrons.